The second kappa shape index (κ2) is 8.43. The van der Waals surface area contributed by atoms with E-state index in [9.17, 15) is 36.6 Å². The molecule has 2 aromatic rings. The predicted octanol–water partition coefficient (Wildman–Crippen LogP) is 3.96. The predicted molar refractivity (Wildman–Crippen MR) is 109 cm³/mol. The van der Waals surface area contributed by atoms with E-state index in [2.05, 4.69) is 0 Å². The van der Waals surface area contributed by atoms with Crippen LogP contribution in [0, 0.1) is 0 Å². The van der Waals surface area contributed by atoms with Gasteiger partial charge in [-0.1, -0.05) is 6.08 Å². The maximum atomic E-state index is 13.8. The molecule has 3 heterocycles. The number of amides is 1. The van der Waals surface area contributed by atoms with Gasteiger partial charge in [0.15, 0.2) is 0 Å². The number of alkyl halides is 4. The van der Waals surface area contributed by atoms with Gasteiger partial charge in [-0.05, 0) is 29.9 Å². The van der Waals surface area contributed by atoms with Crippen molar-refractivity contribution in [1.29, 1.82) is 0 Å². The van der Waals surface area contributed by atoms with Gasteiger partial charge in [-0.25, -0.2) is 8.78 Å². The highest BCUT2D eigenvalue weighted by Gasteiger charge is 2.39. The van der Waals surface area contributed by atoms with Gasteiger partial charge in [0.1, 0.15) is 18.5 Å². The summed E-state index contributed by atoms with van der Waals surface area (Å²) in [5.74, 6) is -2.71. The third-order valence-electron chi connectivity index (χ3n) is 5.79. The highest BCUT2D eigenvalue weighted by atomic mass is 32.1. The maximum absolute atomic E-state index is 13.8. The molecular formula is C21H19F5N2O3S. The van der Waals surface area contributed by atoms with E-state index in [0.29, 0.717) is 10.3 Å². The molecule has 1 saturated heterocycles. The Morgan fingerprint density at radius 3 is 2.69 bits per heavy atom. The average Bonchev–Trinajstić information content (AvgIpc) is 3.36. The van der Waals surface area contributed by atoms with Gasteiger partial charge >= 0.3 is 6.18 Å². The fourth-order valence-corrected chi connectivity index (χ4v) is 5.25. The summed E-state index contributed by atoms with van der Waals surface area (Å²) >= 11 is 1.09. The number of likely N-dealkylation sites (tertiary alicyclic amines) is 1. The lowest BCUT2D eigenvalue weighted by atomic mass is 9.87. The minimum Gasteiger partial charge on any atom is -0.392 e. The zero-order valence-electron chi connectivity index (χ0n) is 16.7. The van der Waals surface area contributed by atoms with Crippen molar-refractivity contribution >= 4 is 27.3 Å². The zero-order chi connectivity index (χ0) is 23.2. The summed E-state index contributed by atoms with van der Waals surface area (Å²) in [5, 5.41) is 11.4. The molecule has 2 atom stereocenters. The van der Waals surface area contributed by atoms with Gasteiger partial charge in [0.25, 0.3) is 5.56 Å². The molecule has 2 unspecified atom stereocenters. The molecule has 0 saturated carbocycles. The number of rotatable bonds is 4. The number of thiophene rings is 1. The minimum absolute atomic E-state index is 0.0582. The molecule has 172 valence electrons. The van der Waals surface area contributed by atoms with Crippen LogP contribution >= 0.6 is 11.3 Å². The van der Waals surface area contributed by atoms with Crippen LogP contribution in [0.2, 0.25) is 0 Å². The van der Waals surface area contributed by atoms with E-state index in [1.807, 2.05) is 0 Å². The quantitative estimate of drug-likeness (QED) is 0.683. The first-order valence-corrected chi connectivity index (χ1v) is 10.8. The van der Waals surface area contributed by atoms with E-state index in [0.717, 1.165) is 22.0 Å². The third-order valence-corrected chi connectivity index (χ3v) is 6.86. The number of nitrogens with zero attached hydrogens (tertiary/aromatic N) is 2. The number of halogens is 5. The molecule has 1 aliphatic heterocycles. The number of hydrogen-bond donors (Lipinski definition) is 1. The van der Waals surface area contributed by atoms with E-state index in [1.165, 1.54) is 22.6 Å². The fourth-order valence-electron chi connectivity index (χ4n) is 4.12. The van der Waals surface area contributed by atoms with Crippen molar-refractivity contribution in [1.82, 2.24) is 9.47 Å². The summed E-state index contributed by atoms with van der Waals surface area (Å²) < 4.78 is 68.3. The monoisotopic (exact) mass is 474 g/mol. The van der Waals surface area contributed by atoms with Crippen LogP contribution in [-0.2, 0) is 17.9 Å². The van der Waals surface area contributed by atoms with Gasteiger partial charge in [-0.15, -0.1) is 11.3 Å². The molecule has 0 spiro atoms. The highest BCUT2D eigenvalue weighted by Crippen LogP contribution is 2.43. The Morgan fingerprint density at radius 2 is 2.06 bits per heavy atom. The summed E-state index contributed by atoms with van der Waals surface area (Å²) in [6.07, 6.45) is -3.04. The van der Waals surface area contributed by atoms with Crippen LogP contribution < -0.4 is 5.56 Å². The second-order valence-corrected chi connectivity index (χ2v) is 8.74. The summed E-state index contributed by atoms with van der Waals surface area (Å²) in [7, 11) is 0. The lowest BCUT2D eigenvalue weighted by Gasteiger charge is -2.21. The number of aliphatic hydroxyl groups excluding tert-OH is 1. The van der Waals surface area contributed by atoms with Crippen molar-refractivity contribution in [3.63, 3.8) is 0 Å². The van der Waals surface area contributed by atoms with Crippen LogP contribution in [-0.4, -0.2) is 45.9 Å². The van der Waals surface area contributed by atoms with Gasteiger partial charge in [0, 0.05) is 28.9 Å². The number of carbonyl (C=O) groups is 1. The van der Waals surface area contributed by atoms with Crippen molar-refractivity contribution in [2.45, 2.75) is 44.3 Å². The number of hydrogen-bond acceptors (Lipinski definition) is 4. The molecule has 0 aromatic carbocycles. The molecule has 2 aliphatic rings. The van der Waals surface area contributed by atoms with Crippen LogP contribution in [0.3, 0.4) is 0 Å². The van der Waals surface area contributed by atoms with Crippen LogP contribution in [0.25, 0.3) is 10.1 Å². The highest BCUT2D eigenvalue weighted by molar-refractivity contribution is 7.17. The molecular weight excluding hydrogens is 455 g/mol. The van der Waals surface area contributed by atoms with Gasteiger partial charge in [0.05, 0.1) is 24.1 Å². The first-order valence-electron chi connectivity index (χ1n) is 9.90. The normalized spacial score (nSPS) is 21.8. The van der Waals surface area contributed by atoms with E-state index >= 15 is 0 Å². The Morgan fingerprint density at radius 1 is 1.31 bits per heavy atom. The number of pyridine rings is 1. The van der Waals surface area contributed by atoms with E-state index in [-0.39, 0.29) is 37.0 Å². The number of aromatic nitrogens is 1. The van der Waals surface area contributed by atoms with Gasteiger partial charge < -0.3 is 14.6 Å². The number of allylic oxidation sites excluding steroid dienone is 4. The number of fused-ring (bicyclic) bond motifs is 1. The van der Waals surface area contributed by atoms with Crippen molar-refractivity contribution in [2.24, 2.45) is 0 Å². The first-order chi connectivity index (χ1) is 15.1. The Labute approximate surface area is 183 Å². The zero-order valence-corrected chi connectivity index (χ0v) is 17.5. The van der Waals surface area contributed by atoms with Crippen molar-refractivity contribution < 1.29 is 31.9 Å². The molecule has 2 aromatic heterocycles. The largest absolute Gasteiger partial charge is 0.415 e. The summed E-state index contributed by atoms with van der Waals surface area (Å²) in [6.45, 7) is -0.660. The van der Waals surface area contributed by atoms with Gasteiger partial charge in [0.2, 0.25) is 5.91 Å². The lowest BCUT2D eigenvalue weighted by molar-refractivity contribution is -0.131. The van der Waals surface area contributed by atoms with Crippen molar-refractivity contribution in [3.05, 3.63) is 56.6 Å². The Balaban J connectivity index is 1.73. The van der Waals surface area contributed by atoms with E-state index in [4.69, 9.17) is 0 Å². The fraction of sp³-hybridized carbons (Fsp3) is 0.429. The molecule has 5 nitrogen and oxygen atoms in total. The topological polar surface area (TPSA) is 62.5 Å². The molecule has 1 fully saturated rings. The number of carbonyl (C=O) groups excluding carboxylic acids is 1. The molecule has 0 bridgehead atoms. The van der Waals surface area contributed by atoms with Gasteiger partial charge in [-0.2, -0.15) is 13.2 Å². The standard InChI is InChI=1S/C21H19F5N2O3S/c22-13-3-4-27(7-13)17(30)8-28-6-12(9-29)19-18(20(28)31)14(10-32-19)11-1-2-16(23)15(5-11)21(24,25)26/h1-2,6,10-11,13,29H,3-5,7-9H2. The molecule has 11 heteroatoms. The third kappa shape index (κ3) is 4.11. The van der Waals surface area contributed by atoms with Crippen LogP contribution in [0.4, 0.5) is 22.0 Å². The van der Waals surface area contributed by atoms with Crippen LogP contribution in [0.5, 0.6) is 0 Å². The smallest absolute Gasteiger partial charge is 0.392 e. The molecule has 1 N–H and O–H groups in total. The number of aliphatic hydroxyl groups is 1. The van der Waals surface area contributed by atoms with Crippen molar-refractivity contribution in [3.8, 4) is 0 Å². The van der Waals surface area contributed by atoms with Crippen LogP contribution in [0.15, 0.2) is 39.9 Å². The lowest BCUT2D eigenvalue weighted by Crippen LogP contribution is -2.35. The Bertz CT molecular complexity index is 1180. The minimum atomic E-state index is -4.84. The molecule has 1 aliphatic carbocycles. The van der Waals surface area contributed by atoms with Crippen molar-refractivity contribution in [2.75, 3.05) is 13.1 Å². The summed E-state index contributed by atoms with van der Waals surface area (Å²) in [6, 6.07) is 0. The first kappa shape index (κ1) is 22.7. The van der Waals surface area contributed by atoms with E-state index < -0.39 is 54.2 Å². The Hall–Kier alpha value is -2.53. The van der Waals surface area contributed by atoms with Crippen LogP contribution in [0.1, 0.15) is 29.9 Å². The molecule has 4 rings (SSSR count). The maximum Gasteiger partial charge on any atom is 0.415 e. The second-order valence-electron chi connectivity index (χ2n) is 7.86. The SMILES string of the molecule is O=C(Cn1cc(CO)c2scc(C3C=CC(F)=C(C(F)(F)F)C3)c2c1=O)N1CCC(F)C1. The molecule has 1 amide bonds. The summed E-state index contributed by atoms with van der Waals surface area (Å²) in [4.78, 5) is 27.0. The van der Waals surface area contributed by atoms with Gasteiger partial charge in [-0.3, -0.25) is 9.59 Å². The molecule has 32 heavy (non-hydrogen) atoms. The summed E-state index contributed by atoms with van der Waals surface area (Å²) in [5.41, 5.74) is -1.28. The Kier molecular flexibility index (Phi) is 5.97. The van der Waals surface area contributed by atoms with E-state index in [1.54, 1.807) is 0 Å². The average molecular weight is 474 g/mol. The molecule has 0 radical (unpaired) electrons.